The topological polar surface area (TPSA) is 55.4 Å². The predicted molar refractivity (Wildman–Crippen MR) is 73.7 cm³/mol. The minimum absolute atomic E-state index is 0.321. The van der Waals surface area contributed by atoms with E-state index in [1.165, 1.54) is 0 Å². The van der Waals surface area contributed by atoms with E-state index in [2.05, 4.69) is 20.7 Å². The first-order valence-electron chi connectivity index (χ1n) is 5.88. The predicted octanol–water partition coefficient (Wildman–Crippen LogP) is 2.05. The van der Waals surface area contributed by atoms with Crippen LogP contribution >= 0.6 is 15.9 Å². The largest absolute Gasteiger partial charge is 0.381 e. The summed E-state index contributed by atoms with van der Waals surface area (Å²) >= 11 is 3.37. The Balaban J connectivity index is 1.96. The van der Waals surface area contributed by atoms with Gasteiger partial charge in [-0.25, -0.2) is 13.1 Å². The zero-order valence-electron chi connectivity index (χ0n) is 9.93. The molecule has 0 atom stereocenters. The highest BCUT2D eigenvalue weighted by molar-refractivity contribution is 9.10. The van der Waals surface area contributed by atoms with E-state index < -0.39 is 10.0 Å². The third-order valence-electron chi connectivity index (χ3n) is 2.97. The van der Waals surface area contributed by atoms with Crippen molar-refractivity contribution >= 4 is 26.0 Å². The van der Waals surface area contributed by atoms with Crippen molar-refractivity contribution in [3.63, 3.8) is 0 Å². The maximum atomic E-state index is 12.1. The zero-order valence-corrected chi connectivity index (χ0v) is 12.3. The molecular weight excluding hydrogens is 318 g/mol. The second kappa shape index (κ2) is 6.14. The monoisotopic (exact) mass is 333 g/mol. The lowest BCUT2D eigenvalue weighted by Crippen LogP contribution is -2.37. The minimum atomic E-state index is -3.24. The fourth-order valence-electron chi connectivity index (χ4n) is 1.93. The van der Waals surface area contributed by atoms with Crippen LogP contribution < -0.4 is 4.72 Å². The van der Waals surface area contributed by atoms with Crippen LogP contribution in [-0.4, -0.2) is 26.9 Å². The van der Waals surface area contributed by atoms with E-state index in [-0.39, 0.29) is 5.25 Å². The fourth-order valence-corrected chi connectivity index (χ4v) is 3.80. The molecule has 6 heteroatoms. The van der Waals surface area contributed by atoms with Crippen molar-refractivity contribution in [2.75, 3.05) is 13.2 Å². The first-order chi connectivity index (χ1) is 8.58. The van der Waals surface area contributed by atoms with Gasteiger partial charge in [-0.05, 0) is 30.5 Å². The van der Waals surface area contributed by atoms with Crippen LogP contribution in [0, 0.1) is 0 Å². The summed E-state index contributed by atoms with van der Waals surface area (Å²) in [5.74, 6) is 0. The number of ether oxygens (including phenoxy) is 1. The lowest BCUT2D eigenvalue weighted by molar-refractivity contribution is 0.0981. The summed E-state index contributed by atoms with van der Waals surface area (Å²) in [6.45, 7) is 1.39. The maximum absolute atomic E-state index is 12.1. The van der Waals surface area contributed by atoms with Crippen molar-refractivity contribution < 1.29 is 13.2 Å². The number of benzene rings is 1. The molecule has 1 heterocycles. The average Bonchev–Trinajstić information content (AvgIpc) is 2.38. The van der Waals surface area contributed by atoms with Gasteiger partial charge in [-0.1, -0.05) is 28.1 Å². The number of halogens is 1. The first kappa shape index (κ1) is 14.0. The van der Waals surface area contributed by atoms with Gasteiger partial charge >= 0.3 is 0 Å². The molecular formula is C12H16BrNO3S. The SMILES string of the molecule is O=S(=O)(NCc1cccc(Br)c1)C1CCOCC1. The average molecular weight is 334 g/mol. The second-order valence-corrected chi connectivity index (χ2v) is 7.27. The van der Waals surface area contributed by atoms with Gasteiger partial charge in [0.1, 0.15) is 0 Å². The Kier molecular flexibility index (Phi) is 4.77. The van der Waals surface area contributed by atoms with Gasteiger partial charge in [-0.2, -0.15) is 0 Å². The molecule has 0 spiro atoms. The van der Waals surface area contributed by atoms with Crippen LogP contribution in [0.2, 0.25) is 0 Å². The van der Waals surface area contributed by atoms with Crippen molar-refractivity contribution in [1.29, 1.82) is 0 Å². The highest BCUT2D eigenvalue weighted by Gasteiger charge is 2.27. The summed E-state index contributed by atoms with van der Waals surface area (Å²) in [4.78, 5) is 0. The minimum Gasteiger partial charge on any atom is -0.381 e. The molecule has 4 nitrogen and oxygen atoms in total. The Labute approximate surface area is 116 Å². The molecule has 0 radical (unpaired) electrons. The third kappa shape index (κ3) is 3.78. The molecule has 100 valence electrons. The van der Waals surface area contributed by atoms with Gasteiger partial charge in [-0.3, -0.25) is 0 Å². The van der Waals surface area contributed by atoms with Crippen molar-refractivity contribution in [2.24, 2.45) is 0 Å². The lowest BCUT2D eigenvalue weighted by Gasteiger charge is -2.22. The van der Waals surface area contributed by atoms with E-state index in [0.29, 0.717) is 32.6 Å². The molecule has 1 aliphatic heterocycles. The second-order valence-electron chi connectivity index (χ2n) is 4.31. The van der Waals surface area contributed by atoms with Crippen LogP contribution in [0.15, 0.2) is 28.7 Å². The number of sulfonamides is 1. The van der Waals surface area contributed by atoms with Crippen molar-refractivity contribution in [3.8, 4) is 0 Å². The van der Waals surface area contributed by atoms with E-state index in [1.807, 2.05) is 24.3 Å². The molecule has 0 amide bonds. The van der Waals surface area contributed by atoms with Crippen LogP contribution in [0.25, 0.3) is 0 Å². The molecule has 1 aromatic rings. The maximum Gasteiger partial charge on any atom is 0.214 e. The van der Waals surface area contributed by atoms with Gasteiger partial charge in [0.05, 0.1) is 5.25 Å². The smallest absolute Gasteiger partial charge is 0.214 e. The van der Waals surface area contributed by atoms with Gasteiger partial charge in [0, 0.05) is 24.2 Å². The number of rotatable bonds is 4. The molecule has 1 fully saturated rings. The van der Waals surface area contributed by atoms with Gasteiger partial charge in [0.15, 0.2) is 0 Å². The standard InChI is InChI=1S/C12H16BrNO3S/c13-11-3-1-2-10(8-11)9-14-18(15,16)12-4-6-17-7-5-12/h1-3,8,12,14H,4-7,9H2. The Bertz CT molecular complexity index is 498. The summed E-state index contributed by atoms with van der Waals surface area (Å²) in [6.07, 6.45) is 1.15. The van der Waals surface area contributed by atoms with E-state index in [1.54, 1.807) is 0 Å². The fraction of sp³-hybridized carbons (Fsp3) is 0.500. The molecule has 1 saturated heterocycles. The van der Waals surface area contributed by atoms with Crippen LogP contribution in [-0.2, 0) is 21.3 Å². The van der Waals surface area contributed by atoms with Crippen LogP contribution in [0.4, 0.5) is 0 Å². The van der Waals surface area contributed by atoms with Crippen molar-refractivity contribution in [2.45, 2.75) is 24.6 Å². The molecule has 1 aliphatic rings. The number of hydrogen-bond acceptors (Lipinski definition) is 3. The third-order valence-corrected chi connectivity index (χ3v) is 5.36. The van der Waals surface area contributed by atoms with E-state index in [4.69, 9.17) is 4.74 Å². The van der Waals surface area contributed by atoms with Gasteiger partial charge in [0.25, 0.3) is 0 Å². The Morgan fingerprint density at radius 3 is 2.72 bits per heavy atom. The first-order valence-corrected chi connectivity index (χ1v) is 8.22. The lowest BCUT2D eigenvalue weighted by atomic mass is 10.2. The van der Waals surface area contributed by atoms with Crippen LogP contribution in [0.1, 0.15) is 18.4 Å². The Hall–Kier alpha value is -0.430. The molecule has 0 saturated carbocycles. The summed E-state index contributed by atoms with van der Waals surface area (Å²) in [7, 11) is -3.24. The van der Waals surface area contributed by atoms with E-state index >= 15 is 0 Å². The molecule has 0 aliphatic carbocycles. The Morgan fingerprint density at radius 2 is 2.06 bits per heavy atom. The number of hydrogen-bond donors (Lipinski definition) is 1. The highest BCUT2D eigenvalue weighted by atomic mass is 79.9. The molecule has 0 unspecified atom stereocenters. The molecule has 18 heavy (non-hydrogen) atoms. The van der Waals surface area contributed by atoms with Crippen LogP contribution in [0.3, 0.4) is 0 Å². The summed E-state index contributed by atoms with van der Waals surface area (Å²) in [5.41, 5.74) is 0.944. The summed E-state index contributed by atoms with van der Waals surface area (Å²) in [5, 5.41) is -0.321. The molecule has 2 rings (SSSR count). The summed E-state index contributed by atoms with van der Waals surface area (Å²) in [6, 6.07) is 7.61. The molecule has 1 N–H and O–H groups in total. The molecule has 0 aromatic heterocycles. The summed E-state index contributed by atoms with van der Waals surface area (Å²) < 4.78 is 32.9. The van der Waals surface area contributed by atoms with Crippen molar-refractivity contribution in [3.05, 3.63) is 34.3 Å². The van der Waals surface area contributed by atoms with Gasteiger partial charge in [0.2, 0.25) is 10.0 Å². The van der Waals surface area contributed by atoms with E-state index in [9.17, 15) is 8.42 Å². The van der Waals surface area contributed by atoms with Gasteiger partial charge < -0.3 is 4.74 Å². The highest BCUT2D eigenvalue weighted by Crippen LogP contribution is 2.16. The van der Waals surface area contributed by atoms with Gasteiger partial charge in [-0.15, -0.1) is 0 Å². The van der Waals surface area contributed by atoms with E-state index in [0.717, 1.165) is 10.0 Å². The van der Waals surface area contributed by atoms with Crippen LogP contribution in [0.5, 0.6) is 0 Å². The quantitative estimate of drug-likeness (QED) is 0.917. The zero-order chi connectivity index (χ0) is 13.0. The normalized spacial score (nSPS) is 17.8. The van der Waals surface area contributed by atoms with Crippen molar-refractivity contribution in [1.82, 2.24) is 4.72 Å². The number of nitrogens with one attached hydrogen (secondary N) is 1. The molecule has 1 aromatic carbocycles. The Morgan fingerprint density at radius 1 is 1.33 bits per heavy atom. The molecule has 0 bridgehead atoms.